The summed E-state index contributed by atoms with van der Waals surface area (Å²) in [5, 5.41) is 12.0. The molecule has 2 N–H and O–H groups in total. The first-order valence-corrected chi connectivity index (χ1v) is 8.58. The second-order valence-corrected chi connectivity index (χ2v) is 6.55. The van der Waals surface area contributed by atoms with Crippen molar-refractivity contribution in [3.05, 3.63) is 53.7 Å². The van der Waals surface area contributed by atoms with E-state index in [1.165, 1.54) is 24.5 Å². The number of anilines is 1. The number of furan rings is 1. The highest BCUT2D eigenvalue weighted by molar-refractivity contribution is 7.09. The van der Waals surface area contributed by atoms with Gasteiger partial charge < -0.3 is 9.52 Å². The van der Waals surface area contributed by atoms with Crippen LogP contribution in [0.15, 0.2) is 41.0 Å². The number of amides is 1. The predicted octanol–water partition coefficient (Wildman–Crippen LogP) is 3.99. The van der Waals surface area contributed by atoms with Crippen molar-refractivity contribution < 1.29 is 27.5 Å². The minimum atomic E-state index is -4.46. The summed E-state index contributed by atoms with van der Waals surface area (Å²) in [5.41, 5.74) is -0.159. The number of alkyl halides is 3. The van der Waals surface area contributed by atoms with E-state index >= 15 is 0 Å². The first-order valence-electron chi connectivity index (χ1n) is 7.80. The fourth-order valence-electron chi connectivity index (χ4n) is 2.29. The Morgan fingerprint density at radius 3 is 2.81 bits per heavy atom. The summed E-state index contributed by atoms with van der Waals surface area (Å²) in [5.74, 6) is -0.280. The van der Waals surface area contributed by atoms with Crippen molar-refractivity contribution in [1.82, 2.24) is 9.36 Å². The lowest BCUT2D eigenvalue weighted by atomic mass is 10.1. The van der Waals surface area contributed by atoms with Gasteiger partial charge in [0.2, 0.25) is 5.13 Å². The fraction of sp³-hybridized carbons (Fsp3) is 0.235. The molecule has 0 fully saturated rings. The van der Waals surface area contributed by atoms with Gasteiger partial charge >= 0.3 is 6.18 Å². The average molecular weight is 397 g/mol. The number of nitrogens with zero attached hydrogens (tertiary/aromatic N) is 2. The Balaban J connectivity index is 1.74. The number of aliphatic hydroxyl groups excluding tert-OH is 1. The van der Waals surface area contributed by atoms with Gasteiger partial charge in [-0.05, 0) is 30.7 Å². The molecule has 0 saturated heterocycles. The quantitative estimate of drug-likeness (QED) is 0.680. The lowest BCUT2D eigenvalue weighted by Gasteiger charge is -2.07. The SMILES string of the molecule is CC(O)Cc1nsc(NC(=O)c2cc(-c3cccc(C(F)(F)F)c3)co2)n1. The number of rotatable bonds is 5. The molecule has 3 aromatic rings. The summed E-state index contributed by atoms with van der Waals surface area (Å²) in [6.07, 6.45) is -3.60. The smallest absolute Gasteiger partial charge is 0.416 e. The van der Waals surface area contributed by atoms with Gasteiger partial charge in [-0.1, -0.05) is 12.1 Å². The van der Waals surface area contributed by atoms with Crippen LogP contribution < -0.4 is 5.32 Å². The largest absolute Gasteiger partial charge is 0.459 e. The molecule has 0 aliphatic carbocycles. The zero-order chi connectivity index (χ0) is 19.6. The van der Waals surface area contributed by atoms with Gasteiger partial charge in [0.1, 0.15) is 5.82 Å². The Bertz CT molecular complexity index is 950. The number of benzene rings is 1. The van der Waals surface area contributed by atoms with Crippen LogP contribution in [0, 0.1) is 0 Å². The van der Waals surface area contributed by atoms with Crippen molar-refractivity contribution in [3.63, 3.8) is 0 Å². The van der Waals surface area contributed by atoms with E-state index in [0.717, 1.165) is 23.7 Å². The Kier molecular flexibility index (Phi) is 5.29. The van der Waals surface area contributed by atoms with Crippen LogP contribution in [0.1, 0.15) is 28.9 Å². The monoisotopic (exact) mass is 397 g/mol. The summed E-state index contributed by atoms with van der Waals surface area (Å²) in [6, 6.07) is 6.09. The maximum absolute atomic E-state index is 12.8. The minimum Gasteiger partial charge on any atom is -0.459 e. The van der Waals surface area contributed by atoms with E-state index in [1.807, 2.05) is 0 Å². The average Bonchev–Trinajstić information content (AvgIpc) is 3.23. The van der Waals surface area contributed by atoms with Gasteiger partial charge in [0, 0.05) is 23.5 Å². The van der Waals surface area contributed by atoms with Crippen molar-refractivity contribution >= 4 is 22.6 Å². The number of aromatic nitrogens is 2. The first kappa shape index (κ1) is 19.1. The number of nitrogens with one attached hydrogen (secondary N) is 1. The Morgan fingerprint density at radius 2 is 2.11 bits per heavy atom. The van der Waals surface area contributed by atoms with E-state index in [4.69, 9.17) is 4.42 Å². The van der Waals surface area contributed by atoms with Crippen LogP contribution in [0.5, 0.6) is 0 Å². The van der Waals surface area contributed by atoms with Crippen LogP contribution in [-0.2, 0) is 12.6 Å². The highest BCUT2D eigenvalue weighted by Gasteiger charge is 2.30. The van der Waals surface area contributed by atoms with Gasteiger partial charge in [0.15, 0.2) is 5.76 Å². The molecule has 3 rings (SSSR count). The number of carbonyl (C=O) groups excluding carboxylic acids is 1. The number of hydrogen-bond acceptors (Lipinski definition) is 6. The van der Waals surface area contributed by atoms with E-state index in [1.54, 1.807) is 6.92 Å². The molecule has 0 aliphatic rings. The minimum absolute atomic E-state index is 0.0744. The molecule has 0 aliphatic heterocycles. The summed E-state index contributed by atoms with van der Waals surface area (Å²) < 4.78 is 47.7. The predicted molar refractivity (Wildman–Crippen MR) is 92.4 cm³/mol. The van der Waals surface area contributed by atoms with Crippen molar-refractivity contribution in [1.29, 1.82) is 0 Å². The molecule has 142 valence electrons. The first-order chi connectivity index (χ1) is 12.7. The lowest BCUT2D eigenvalue weighted by Crippen LogP contribution is -2.11. The molecule has 0 spiro atoms. The molecule has 1 unspecified atom stereocenters. The van der Waals surface area contributed by atoms with Gasteiger partial charge in [0.05, 0.1) is 17.9 Å². The van der Waals surface area contributed by atoms with Crippen molar-refractivity contribution in [2.45, 2.75) is 25.6 Å². The van der Waals surface area contributed by atoms with Crippen LogP contribution >= 0.6 is 11.5 Å². The standard InChI is InChI=1S/C17H14F3N3O3S/c1-9(24)5-14-21-16(27-23-14)22-15(25)13-7-11(8-26-13)10-3-2-4-12(6-10)17(18,19)20/h2-4,6-9,24H,5H2,1H3,(H,21,22,23,25). The van der Waals surface area contributed by atoms with Gasteiger partial charge in [-0.3, -0.25) is 10.1 Å². The number of aliphatic hydroxyl groups is 1. The maximum atomic E-state index is 12.8. The zero-order valence-corrected chi connectivity index (χ0v) is 14.8. The Hall–Kier alpha value is -2.72. The Labute approximate surface area is 155 Å². The van der Waals surface area contributed by atoms with Crippen LogP contribution in [0.25, 0.3) is 11.1 Å². The maximum Gasteiger partial charge on any atom is 0.416 e. The molecule has 2 heterocycles. The van der Waals surface area contributed by atoms with Crippen molar-refractivity contribution in [3.8, 4) is 11.1 Å². The molecular formula is C17H14F3N3O3S. The highest BCUT2D eigenvalue weighted by atomic mass is 32.1. The van der Waals surface area contributed by atoms with Gasteiger partial charge in [-0.15, -0.1) is 0 Å². The molecule has 1 amide bonds. The molecule has 27 heavy (non-hydrogen) atoms. The Morgan fingerprint density at radius 1 is 1.33 bits per heavy atom. The van der Waals surface area contributed by atoms with Gasteiger partial charge in [-0.2, -0.15) is 17.5 Å². The molecule has 6 nitrogen and oxygen atoms in total. The number of hydrogen-bond donors (Lipinski definition) is 2. The van der Waals surface area contributed by atoms with E-state index in [-0.39, 0.29) is 22.9 Å². The molecule has 2 aromatic heterocycles. The summed E-state index contributed by atoms with van der Waals surface area (Å²) in [7, 11) is 0. The van der Waals surface area contributed by atoms with E-state index in [9.17, 15) is 23.1 Å². The zero-order valence-electron chi connectivity index (χ0n) is 13.9. The van der Waals surface area contributed by atoms with E-state index < -0.39 is 23.8 Å². The number of carbonyl (C=O) groups is 1. The third kappa shape index (κ3) is 4.72. The van der Waals surface area contributed by atoms with Crippen LogP contribution in [-0.4, -0.2) is 26.5 Å². The summed E-state index contributed by atoms with van der Waals surface area (Å²) >= 11 is 0.952. The van der Waals surface area contributed by atoms with Crippen LogP contribution in [0.4, 0.5) is 18.3 Å². The molecule has 1 aromatic carbocycles. The second-order valence-electron chi connectivity index (χ2n) is 5.80. The molecule has 1 atom stereocenters. The van der Waals surface area contributed by atoms with Gasteiger partial charge in [-0.25, -0.2) is 4.98 Å². The van der Waals surface area contributed by atoms with Crippen LogP contribution in [0.2, 0.25) is 0 Å². The molecule has 0 saturated carbocycles. The second kappa shape index (κ2) is 7.49. The summed E-state index contributed by atoms with van der Waals surface area (Å²) in [4.78, 5) is 16.3. The molecule has 0 radical (unpaired) electrons. The lowest BCUT2D eigenvalue weighted by molar-refractivity contribution is -0.137. The highest BCUT2D eigenvalue weighted by Crippen LogP contribution is 2.32. The van der Waals surface area contributed by atoms with Crippen LogP contribution in [0.3, 0.4) is 0 Å². The van der Waals surface area contributed by atoms with Crippen molar-refractivity contribution in [2.75, 3.05) is 5.32 Å². The van der Waals surface area contributed by atoms with Gasteiger partial charge in [0.25, 0.3) is 5.91 Å². The number of halogens is 3. The summed E-state index contributed by atoms with van der Waals surface area (Å²) in [6.45, 7) is 1.59. The molecule has 10 heteroatoms. The fourth-order valence-corrected chi connectivity index (χ4v) is 2.88. The van der Waals surface area contributed by atoms with E-state index in [0.29, 0.717) is 11.4 Å². The molecular weight excluding hydrogens is 383 g/mol. The third-order valence-corrected chi connectivity index (χ3v) is 4.18. The topological polar surface area (TPSA) is 88.3 Å². The molecule has 0 bridgehead atoms. The van der Waals surface area contributed by atoms with Crippen molar-refractivity contribution in [2.24, 2.45) is 0 Å². The van der Waals surface area contributed by atoms with E-state index in [2.05, 4.69) is 14.7 Å². The normalized spacial score (nSPS) is 12.8. The third-order valence-electron chi connectivity index (χ3n) is 3.51.